The van der Waals surface area contributed by atoms with Gasteiger partial charge in [-0.3, -0.25) is 4.57 Å². The Morgan fingerprint density at radius 2 is 1.82 bits per heavy atom. The summed E-state index contributed by atoms with van der Waals surface area (Å²) in [6.45, 7) is 2.82. The number of hydrogen-bond acceptors (Lipinski definition) is 2. The molecule has 0 aliphatic rings. The maximum absolute atomic E-state index is 10.8. The summed E-state index contributed by atoms with van der Waals surface area (Å²) < 4.78 is 16.3. The van der Waals surface area contributed by atoms with Crippen molar-refractivity contribution in [2.45, 2.75) is 32.3 Å². The molecule has 0 saturated heterocycles. The van der Waals surface area contributed by atoms with Gasteiger partial charge in [-0.25, -0.2) is 0 Å². The standard InChI is InChI=1S/C12H19O4P/c1-2-3-4-9-16-12-7-5-11(6-8-12)10-17(13,14)15/h5-8H,2-4,9-10H2,1H3,(H2,13,14,15). The highest BCUT2D eigenvalue weighted by molar-refractivity contribution is 7.50. The fourth-order valence-corrected chi connectivity index (χ4v) is 2.16. The van der Waals surface area contributed by atoms with Gasteiger partial charge in [-0.2, -0.15) is 0 Å². The van der Waals surface area contributed by atoms with E-state index in [4.69, 9.17) is 14.5 Å². The summed E-state index contributed by atoms with van der Waals surface area (Å²) in [5.41, 5.74) is 0.624. The van der Waals surface area contributed by atoms with E-state index in [1.807, 2.05) is 0 Å². The Hall–Kier alpha value is -0.830. The van der Waals surface area contributed by atoms with Gasteiger partial charge in [0.15, 0.2) is 0 Å². The van der Waals surface area contributed by atoms with Gasteiger partial charge in [-0.05, 0) is 24.1 Å². The molecule has 4 nitrogen and oxygen atoms in total. The van der Waals surface area contributed by atoms with Crippen molar-refractivity contribution >= 4 is 7.60 Å². The number of hydrogen-bond donors (Lipinski definition) is 2. The molecule has 5 heteroatoms. The molecule has 1 aromatic rings. The molecule has 0 saturated carbocycles. The summed E-state index contributed by atoms with van der Waals surface area (Å²) in [4.78, 5) is 17.6. The molecule has 0 aliphatic heterocycles. The normalized spacial score (nSPS) is 11.5. The number of rotatable bonds is 7. The summed E-state index contributed by atoms with van der Waals surface area (Å²) in [6.07, 6.45) is 3.12. The lowest BCUT2D eigenvalue weighted by Crippen LogP contribution is -1.97. The van der Waals surface area contributed by atoms with Crippen molar-refractivity contribution in [1.82, 2.24) is 0 Å². The maximum Gasteiger partial charge on any atom is 0.329 e. The summed E-state index contributed by atoms with van der Waals surface area (Å²) in [5.74, 6) is 0.746. The van der Waals surface area contributed by atoms with E-state index in [1.54, 1.807) is 24.3 Å². The summed E-state index contributed by atoms with van der Waals surface area (Å²) >= 11 is 0. The first-order valence-corrected chi connectivity index (χ1v) is 7.57. The smallest absolute Gasteiger partial charge is 0.329 e. The van der Waals surface area contributed by atoms with Crippen molar-refractivity contribution < 1.29 is 19.1 Å². The van der Waals surface area contributed by atoms with Gasteiger partial charge < -0.3 is 14.5 Å². The van der Waals surface area contributed by atoms with Crippen LogP contribution in [0.1, 0.15) is 31.7 Å². The lowest BCUT2D eigenvalue weighted by Gasteiger charge is -2.07. The Balaban J connectivity index is 2.42. The van der Waals surface area contributed by atoms with Crippen molar-refractivity contribution in [1.29, 1.82) is 0 Å². The van der Waals surface area contributed by atoms with Gasteiger partial charge in [0.25, 0.3) is 0 Å². The van der Waals surface area contributed by atoms with Crippen LogP contribution in [0.15, 0.2) is 24.3 Å². The van der Waals surface area contributed by atoms with Crippen molar-refractivity contribution in [3.8, 4) is 5.75 Å². The average molecular weight is 258 g/mol. The van der Waals surface area contributed by atoms with Crippen LogP contribution in [0.25, 0.3) is 0 Å². The Labute approximate surface area is 102 Å². The molecule has 0 radical (unpaired) electrons. The number of ether oxygens (including phenoxy) is 1. The zero-order valence-corrected chi connectivity index (χ0v) is 10.9. The largest absolute Gasteiger partial charge is 0.494 e. The van der Waals surface area contributed by atoms with Gasteiger partial charge >= 0.3 is 7.60 Å². The van der Waals surface area contributed by atoms with E-state index in [9.17, 15) is 4.57 Å². The third-order valence-corrected chi connectivity index (χ3v) is 3.11. The van der Waals surface area contributed by atoms with Crippen LogP contribution in [0.4, 0.5) is 0 Å². The van der Waals surface area contributed by atoms with Crippen molar-refractivity contribution in [2.75, 3.05) is 6.61 Å². The van der Waals surface area contributed by atoms with Crippen molar-refractivity contribution in [3.05, 3.63) is 29.8 Å². The molecule has 0 amide bonds. The van der Waals surface area contributed by atoms with Crippen LogP contribution < -0.4 is 4.74 Å². The highest BCUT2D eigenvalue weighted by Crippen LogP contribution is 2.39. The highest BCUT2D eigenvalue weighted by Gasteiger charge is 2.13. The molecule has 17 heavy (non-hydrogen) atoms. The Morgan fingerprint density at radius 1 is 1.18 bits per heavy atom. The van der Waals surface area contributed by atoms with Crippen LogP contribution in [0.5, 0.6) is 5.75 Å². The van der Waals surface area contributed by atoms with Gasteiger partial charge in [0.05, 0.1) is 12.8 Å². The molecule has 0 unspecified atom stereocenters. The molecule has 0 spiro atoms. The second-order valence-electron chi connectivity index (χ2n) is 4.02. The fraction of sp³-hybridized carbons (Fsp3) is 0.500. The highest BCUT2D eigenvalue weighted by atomic mass is 31.2. The van der Waals surface area contributed by atoms with E-state index in [2.05, 4.69) is 6.92 Å². The van der Waals surface area contributed by atoms with E-state index in [1.165, 1.54) is 0 Å². The molecule has 0 atom stereocenters. The van der Waals surface area contributed by atoms with E-state index >= 15 is 0 Å². The topological polar surface area (TPSA) is 66.8 Å². The van der Waals surface area contributed by atoms with Crippen LogP contribution in [0.2, 0.25) is 0 Å². The minimum absolute atomic E-state index is 0.219. The number of unbranched alkanes of at least 4 members (excludes halogenated alkanes) is 2. The molecule has 0 aromatic heterocycles. The summed E-state index contributed by atoms with van der Waals surface area (Å²) in [5, 5.41) is 0. The zero-order valence-electron chi connectivity index (χ0n) is 10.0. The molecule has 0 fully saturated rings. The summed E-state index contributed by atoms with van der Waals surface area (Å²) in [6, 6.07) is 6.87. The second-order valence-corrected chi connectivity index (χ2v) is 5.67. The Kier molecular flexibility index (Phi) is 5.69. The number of benzene rings is 1. The second kappa shape index (κ2) is 6.80. The molecule has 0 aliphatic carbocycles. The van der Waals surface area contributed by atoms with E-state index < -0.39 is 7.60 Å². The first-order valence-electron chi connectivity index (χ1n) is 5.77. The van der Waals surface area contributed by atoms with Crippen LogP contribution in [-0.2, 0) is 10.7 Å². The van der Waals surface area contributed by atoms with Gasteiger partial charge in [0.1, 0.15) is 5.75 Å². The Morgan fingerprint density at radius 3 is 2.35 bits per heavy atom. The first-order chi connectivity index (χ1) is 8.01. The molecule has 1 aromatic carbocycles. The molecule has 1 rings (SSSR count). The van der Waals surface area contributed by atoms with E-state index in [-0.39, 0.29) is 6.16 Å². The van der Waals surface area contributed by atoms with Gasteiger partial charge in [-0.1, -0.05) is 31.9 Å². The minimum atomic E-state index is -3.97. The average Bonchev–Trinajstić information content (AvgIpc) is 2.25. The maximum atomic E-state index is 10.8. The van der Waals surface area contributed by atoms with Crippen LogP contribution in [0, 0.1) is 0 Å². The molecule has 0 bridgehead atoms. The fourth-order valence-electron chi connectivity index (χ4n) is 1.47. The molecular weight excluding hydrogens is 239 g/mol. The lowest BCUT2D eigenvalue weighted by atomic mass is 10.2. The van der Waals surface area contributed by atoms with Gasteiger partial charge in [-0.15, -0.1) is 0 Å². The zero-order chi connectivity index (χ0) is 12.7. The quantitative estimate of drug-likeness (QED) is 0.583. The Bertz CT molecular complexity index is 369. The van der Waals surface area contributed by atoms with Crippen LogP contribution >= 0.6 is 7.60 Å². The van der Waals surface area contributed by atoms with Crippen LogP contribution in [0.3, 0.4) is 0 Å². The minimum Gasteiger partial charge on any atom is -0.494 e. The molecular formula is C12H19O4P. The predicted octanol–water partition coefficient (Wildman–Crippen LogP) is 2.93. The predicted molar refractivity (Wildman–Crippen MR) is 67.2 cm³/mol. The summed E-state index contributed by atoms with van der Waals surface area (Å²) in [7, 11) is -3.97. The van der Waals surface area contributed by atoms with Crippen molar-refractivity contribution in [2.24, 2.45) is 0 Å². The van der Waals surface area contributed by atoms with E-state index in [0.29, 0.717) is 12.2 Å². The third kappa shape index (κ3) is 6.47. The molecule has 0 heterocycles. The molecule has 96 valence electrons. The van der Waals surface area contributed by atoms with Gasteiger partial charge in [0.2, 0.25) is 0 Å². The van der Waals surface area contributed by atoms with Crippen LogP contribution in [-0.4, -0.2) is 16.4 Å². The molecule has 2 N–H and O–H groups in total. The first kappa shape index (κ1) is 14.2. The van der Waals surface area contributed by atoms with Gasteiger partial charge in [0, 0.05) is 0 Å². The monoisotopic (exact) mass is 258 g/mol. The van der Waals surface area contributed by atoms with E-state index in [0.717, 1.165) is 25.0 Å². The van der Waals surface area contributed by atoms with Crippen molar-refractivity contribution in [3.63, 3.8) is 0 Å². The SMILES string of the molecule is CCCCCOc1ccc(CP(=O)(O)O)cc1. The lowest BCUT2D eigenvalue weighted by molar-refractivity contribution is 0.306. The third-order valence-electron chi connectivity index (χ3n) is 2.33.